The van der Waals surface area contributed by atoms with Gasteiger partial charge in [0.2, 0.25) is 5.91 Å². The van der Waals surface area contributed by atoms with Gasteiger partial charge < -0.3 is 10.2 Å². The number of nitrogens with zero attached hydrogens (tertiary/aromatic N) is 1. The van der Waals surface area contributed by atoms with E-state index < -0.39 is 14.6 Å². The fourth-order valence-electron chi connectivity index (χ4n) is 2.46. The molecule has 0 radical (unpaired) electrons. The second kappa shape index (κ2) is 4.24. The number of carbonyl (C=O) groups is 1. The minimum absolute atomic E-state index is 0.0339. The Hall–Kier alpha value is -0.620. The van der Waals surface area contributed by atoms with Gasteiger partial charge in [-0.15, -0.1) is 0 Å². The lowest BCUT2D eigenvalue weighted by Gasteiger charge is -2.38. The first-order valence-electron chi connectivity index (χ1n) is 6.05. The van der Waals surface area contributed by atoms with Gasteiger partial charge in [0, 0.05) is 19.6 Å². The van der Waals surface area contributed by atoms with Crippen LogP contribution >= 0.6 is 0 Å². The zero-order valence-corrected chi connectivity index (χ0v) is 11.2. The lowest BCUT2D eigenvalue weighted by molar-refractivity contribution is -0.135. The molecule has 1 unspecified atom stereocenters. The van der Waals surface area contributed by atoms with Crippen LogP contribution in [0.4, 0.5) is 0 Å². The highest BCUT2D eigenvalue weighted by Crippen LogP contribution is 2.25. The van der Waals surface area contributed by atoms with Crippen molar-refractivity contribution in [2.24, 2.45) is 5.92 Å². The van der Waals surface area contributed by atoms with Gasteiger partial charge in [-0.05, 0) is 26.8 Å². The summed E-state index contributed by atoms with van der Waals surface area (Å²) in [5.74, 6) is 0.232. The first-order chi connectivity index (χ1) is 7.83. The van der Waals surface area contributed by atoms with Gasteiger partial charge in [0.15, 0.2) is 9.84 Å². The van der Waals surface area contributed by atoms with E-state index in [0.29, 0.717) is 13.1 Å². The van der Waals surface area contributed by atoms with Gasteiger partial charge in [-0.1, -0.05) is 0 Å². The first-order valence-corrected chi connectivity index (χ1v) is 7.70. The van der Waals surface area contributed by atoms with Crippen LogP contribution in [0.15, 0.2) is 0 Å². The Kier molecular flexibility index (Phi) is 3.20. The average Bonchev–Trinajstić information content (AvgIpc) is 2.74. The van der Waals surface area contributed by atoms with Crippen molar-refractivity contribution in [2.75, 3.05) is 31.9 Å². The van der Waals surface area contributed by atoms with Crippen LogP contribution in [-0.4, -0.2) is 55.9 Å². The Labute approximate surface area is 102 Å². The molecule has 0 aromatic heterocycles. The van der Waals surface area contributed by atoms with Crippen molar-refractivity contribution in [3.8, 4) is 0 Å². The normalized spacial score (nSPS) is 31.4. The molecule has 5 nitrogen and oxygen atoms in total. The topological polar surface area (TPSA) is 66.5 Å². The summed E-state index contributed by atoms with van der Waals surface area (Å²) in [6.07, 6.45) is 0.864. The molecule has 2 fully saturated rings. The van der Waals surface area contributed by atoms with Crippen LogP contribution in [0.2, 0.25) is 0 Å². The van der Waals surface area contributed by atoms with E-state index in [0.717, 1.165) is 19.5 Å². The smallest absolute Gasteiger partial charge is 0.227 e. The number of hydrogen-bond acceptors (Lipinski definition) is 4. The molecule has 0 aromatic carbocycles. The van der Waals surface area contributed by atoms with Gasteiger partial charge in [-0.3, -0.25) is 4.79 Å². The molecule has 0 spiro atoms. The lowest BCUT2D eigenvalue weighted by atomic mass is 10.1. The van der Waals surface area contributed by atoms with E-state index in [4.69, 9.17) is 0 Å². The molecule has 2 heterocycles. The van der Waals surface area contributed by atoms with E-state index in [9.17, 15) is 13.2 Å². The quantitative estimate of drug-likeness (QED) is 0.698. The summed E-state index contributed by atoms with van der Waals surface area (Å²) in [7, 11) is -3.06. The Morgan fingerprint density at radius 1 is 1.41 bits per heavy atom. The van der Waals surface area contributed by atoms with Crippen LogP contribution in [0.1, 0.15) is 20.3 Å². The van der Waals surface area contributed by atoms with E-state index in [-0.39, 0.29) is 17.6 Å². The highest BCUT2D eigenvalue weighted by Gasteiger charge is 2.42. The average molecular weight is 260 g/mol. The molecule has 0 aromatic rings. The van der Waals surface area contributed by atoms with Crippen LogP contribution in [-0.2, 0) is 14.6 Å². The summed E-state index contributed by atoms with van der Waals surface area (Å²) in [5.41, 5.74) is 0. The maximum atomic E-state index is 12.2. The molecule has 0 aliphatic carbocycles. The third-order valence-electron chi connectivity index (χ3n) is 3.76. The van der Waals surface area contributed by atoms with Crippen LogP contribution in [0.25, 0.3) is 0 Å². The third kappa shape index (κ3) is 2.33. The Morgan fingerprint density at radius 2 is 2.12 bits per heavy atom. The fourth-order valence-corrected chi connectivity index (χ4v) is 3.82. The summed E-state index contributed by atoms with van der Waals surface area (Å²) in [5, 5.41) is 3.16. The Balaban J connectivity index is 2.07. The second-order valence-electron chi connectivity index (χ2n) is 5.53. The summed E-state index contributed by atoms with van der Waals surface area (Å²) >= 11 is 0. The molecule has 2 aliphatic rings. The van der Waals surface area contributed by atoms with Crippen LogP contribution in [0, 0.1) is 5.92 Å². The Bertz CT molecular complexity index is 410. The van der Waals surface area contributed by atoms with Gasteiger partial charge in [0.1, 0.15) is 0 Å². The summed E-state index contributed by atoms with van der Waals surface area (Å²) < 4.78 is 22.9. The van der Waals surface area contributed by atoms with Crippen molar-refractivity contribution in [1.29, 1.82) is 0 Å². The largest absolute Gasteiger partial charge is 0.340 e. The van der Waals surface area contributed by atoms with Crippen LogP contribution in [0.5, 0.6) is 0 Å². The molecule has 1 N–H and O–H groups in total. The number of carbonyl (C=O) groups excluding carboxylic acids is 1. The zero-order valence-electron chi connectivity index (χ0n) is 10.4. The highest BCUT2D eigenvalue weighted by molar-refractivity contribution is 7.92. The van der Waals surface area contributed by atoms with E-state index >= 15 is 0 Å². The number of nitrogens with one attached hydrogen (secondary N) is 1. The van der Waals surface area contributed by atoms with E-state index in [1.165, 1.54) is 0 Å². The molecular formula is C11H20N2O3S. The molecule has 1 atom stereocenters. The summed E-state index contributed by atoms with van der Waals surface area (Å²) in [6, 6.07) is 0. The van der Waals surface area contributed by atoms with E-state index in [1.54, 1.807) is 18.7 Å². The lowest BCUT2D eigenvalue weighted by Crippen LogP contribution is -2.55. The molecule has 6 heteroatoms. The molecule has 2 aliphatic heterocycles. The van der Waals surface area contributed by atoms with E-state index in [1.807, 2.05) is 0 Å². The molecule has 0 bridgehead atoms. The predicted octanol–water partition coefficient (Wildman–Crippen LogP) is -0.368. The first kappa shape index (κ1) is 12.8. The van der Waals surface area contributed by atoms with Gasteiger partial charge in [-0.25, -0.2) is 8.42 Å². The fraction of sp³-hybridized carbons (Fsp3) is 0.909. The molecule has 2 rings (SSSR count). The maximum Gasteiger partial charge on any atom is 0.227 e. The minimum Gasteiger partial charge on any atom is -0.340 e. The van der Waals surface area contributed by atoms with Gasteiger partial charge in [-0.2, -0.15) is 0 Å². The van der Waals surface area contributed by atoms with Crippen LogP contribution in [0.3, 0.4) is 0 Å². The van der Waals surface area contributed by atoms with Crippen molar-refractivity contribution in [3.63, 3.8) is 0 Å². The number of rotatable bonds is 1. The number of sulfone groups is 1. The summed E-state index contributed by atoms with van der Waals surface area (Å²) in [4.78, 5) is 13.9. The standard InChI is InChI=1S/C11H20N2O3S/c1-11(2)8-13(5-6-17(11,15)16)10(14)9-3-4-12-7-9/h9,12H,3-8H2,1-2H3. The van der Waals surface area contributed by atoms with Crippen molar-refractivity contribution in [2.45, 2.75) is 25.0 Å². The third-order valence-corrected chi connectivity index (χ3v) is 6.30. The SMILES string of the molecule is CC1(C)CN(C(=O)C2CCNC2)CCS1(=O)=O. The predicted molar refractivity (Wildman–Crippen MR) is 65.4 cm³/mol. The molecular weight excluding hydrogens is 240 g/mol. The maximum absolute atomic E-state index is 12.2. The van der Waals surface area contributed by atoms with Crippen molar-refractivity contribution in [3.05, 3.63) is 0 Å². The van der Waals surface area contributed by atoms with Crippen molar-refractivity contribution in [1.82, 2.24) is 10.2 Å². The molecule has 2 saturated heterocycles. The van der Waals surface area contributed by atoms with Gasteiger partial charge in [0.25, 0.3) is 0 Å². The van der Waals surface area contributed by atoms with Gasteiger partial charge >= 0.3 is 0 Å². The molecule has 98 valence electrons. The monoisotopic (exact) mass is 260 g/mol. The summed E-state index contributed by atoms with van der Waals surface area (Å²) in [6.45, 7) is 5.68. The zero-order chi connectivity index (χ0) is 12.7. The number of amides is 1. The van der Waals surface area contributed by atoms with Gasteiger partial charge in [0.05, 0.1) is 16.4 Å². The Morgan fingerprint density at radius 3 is 2.65 bits per heavy atom. The number of hydrogen-bond donors (Lipinski definition) is 1. The van der Waals surface area contributed by atoms with Crippen molar-refractivity contribution < 1.29 is 13.2 Å². The van der Waals surface area contributed by atoms with Crippen molar-refractivity contribution >= 4 is 15.7 Å². The molecule has 1 amide bonds. The highest BCUT2D eigenvalue weighted by atomic mass is 32.2. The molecule has 17 heavy (non-hydrogen) atoms. The van der Waals surface area contributed by atoms with E-state index in [2.05, 4.69) is 5.32 Å². The second-order valence-corrected chi connectivity index (χ2v) is 8.27. The van der Waals surface area contributed by atoms with Crippen LogP contribution < -0.4 is 5.32 Å². The molecule has 0 saturated carbocycles. The minimum atomic E-state index is -3.06.